The Hall–Kier alpha value is -1.26. The Morgan fingerprint density at radius 1 is 1.30 bits per heavy atom. The van der Waals surface area contributed by atoms with E-state index in [1.54, 1.807) is 4.90 Å². The number of likely N-dealkylation sites (tertiary alicyclic amines) is 1. The molecule has 2 N–H and O–H groups in total. The molecule has 5 nitrogen and oxygen atoms in total. The van der Waals surface area contributed by atoms with Crippen LogP contribution in [0.5, 0.6) is 0 Å². The average Bonchev–Trinajstić information content (AvgIpc) is 2.38. The molecule has 116 valence electrons. The monoisotopic (exact) mass is 284 g/mol. The Bertz CT molecular complexity index is 323. The highest BCUT2D eigenvalue weighted by molar-refractivity contribution is 5.82. The minimum absolute atomic E-state index is 0.229. The highest BCUT2D eigenvalue weighted by atomic mass is 16.4. The molecule has 0 aromatic heterocycles. The number of amides is 2. The number of hydrogen-bond acceptors (Lipinski definition) is 2. The smallest absolute Gasteiger partial charge is 0.326 e. The van der Waals surface area contributed by atoms with E-state index in [-0.39, 0.29) is 11.9 Å². The molecule has 1 saturated heterocycles. The molecule has 0 saturated carbocycles. The summed E-state index contributed by atoms with van der Waals surface area (Å²) in [6.45, 7) is 7.58. The summed E-state index contributed by atoms with van der Waals surface area (Å²) in [7, 11) is 0. The van der Waals surface area contributed by atoms with Crippen LogP contribution in [0.15, 0.2) is 0 Å². The normalized spacial score (nSPS) is 18.1. The maximum absolute atomic E-state index is 12.1. The Balaban J connectivity index is 2.43. The molecule has 0 aromatic carbocycles. The first-order valence-corrected chi connectivity index (χ1v) is 7.72. The molecule has 1 rings (SSSR count). The van der Waals surface area contributed by atoms with Gasteiger partial charge in [0.05, 0.1) is 0 Å². The van der Waals surface area contributed by atoms with Crippen LogP contribution in [0.1, 0.15) is 52.9 Å². The third kappa shape index (κ3) is 5.39. The fourth-order valence-electron chi connectivity index (χ4n) is 2.77. The molecule has 0 aliphatic carbocycles. The molecule has 0 bridgehead atoms. The zero-order chi connectivity index (χ0) is 15.1. The van der Waals surface area contributed by atoms with Crippen LogP contribution in [0, 0.1) is 11.8 Å². The van der Waals surface area contributed by atoms with Crippen LogP contribution in [-0.2, 0) is 4.79 Å². The molecular weight excluding hydrogens is 256 g/mol. The van der Waals surface area contributed by atoms with Crippen molar-refractivity contribution in [3.63, 3.8) is 0 Å². The lowest BCUT2D eigenvalue weighted by molar-refractivity contribution is -0.139. The molecule has 1 aliphatic rings. The summed E-state index contributed by atoms with van der Waals surface area (Å²) < 4.78 is 0. The fourth-order valence-corrected chi connectivity index (χ4v) is 2.77. The number of carbonyl (C=O) groups excluding carboxylic acids is 1. The van der Waals surface area contributed by atoms with Crippen LogP contribution in [0.2, 0.25) is 0 Å². The predicted molar refractivity (Wildman–Crippen MR) is 78.6 cm³/mol. The molecule has 0 aromatic rings. The number of carboxylic acids is 1. The van der Waals surface area contributed by atoms with Gasteiger partial charge in [-0.05, 0) is 31.1 Å². The summed E-state index contributed by atoms with van der Waals surface area (Å²) >= 11 is 0. The Labute approximate surface area is 121 Å². The van der Waals surface area contributed by atoms with Gasteiger partial charge < -0.3 is 15.3 Å². The number of carboxylic acid groups (broad SMARTS) is 1. The first kappa shape index (κ1) is 16.8. The van der Waals surface area contributed by atoms with Crippen molar-refractivity contribution >= 4 is 12.0 Å². The van der Waals surface area contributed by atoms with Crippen molar-refractivity contribution in [1.29, 1.82) is 0 Å². The number of nitrogens with one attached hydrogen (secondary N) is 1. The standard InChI is InChI=1S/C15H28N2O3/c1-4-5-12-6-8-17(9-7-12)15(20)16-13(14(18)19)10-11(2)3/h11-13H,4-10H2,1-3H3,(H,16,20)(H,18,19). The van der Waals surface area contributed by atoms with Crippen LogP contribution >= 0.6 is 0 Å². The van der Waals surface area contributed by atoms with Crippen LogP contribution in [-0.4, -0.2) is 41.1 Å². The molecule has 2 amide bonds. The van der Waals surface area contributed by atoms with Gasteiger partial charge in [-0.3, -0.25) is 0 Å². The second kappa shape index (κ2) is 8.12. The zero-order valence-corrected chi connectivity index (χ0v) is 12.9. The van der Waals surface area contributed by atoms with E-state index < -0.39 is 12.0 Å². The highest BCUT2D eigenvalue weighted by Gasteiger charge is 2.26. The maximum Gasteiger partial charge on any atom is 0.326 e. The molecule has 1 atom stereocenters. The number of carbonyl (C=O) groups is 2. The minimum atomic E-state index is -0.951. The molecule has 5 heteroatoms. The fraction of sp³-hybridized carbons (Fsp3) is 0.867. The lowest BCUT2D eigenvalue weighted by Gasteiger charge is -2.32. The lowest BCUT2D eigenvalue weighted by Crippen LogP contribution is -2.50. The average molecular weight is 284 g/mol. The summed E-state index contributed by atoms with van der Waals surface area (Å²) in [5.41, 5.74) is 0. The van der Waals surface area contributed by atoms with Gasteiger partial charge in [0.2, 0.25) is 0 Å². The first-order valence-electron chi connectivity index (χ1n) is 7.72. The van der Waals surface area contributed by atoms with Gasteiger partial charge in [-0.1, -0.05) is 33.6 Å². The van der Waals surface area contributed by atoms with Gasteiger partial charge in [-0.25, -0.2) is 9.59 Å². The van der Waals surface area contributed by atoms with Gasteiger partial charge in [0.15, 0.2) is 0 Å². The summed E-state index contributed by atoms with van der Waals surface area (Å²) in [4.78, 5) is 25.0. The number of aliphatic carboxylic acids is 1. The van der Waals surface area contributed by atoms with Crippen molar-refractivity contribution in [2.24, 2.45) is 11.8 Å². The van der Waals surface area contributed by atoms with Gasteiger partial charge in [0, 0.05) is 13.1 Å². The van der Waals surface area contributed by atoms with E-state index in [1.165, 1.54) is 12.8 Å². The highest BCUT2D eigenvalue weighted by Crippen LogP contribution is 2.21. The third-order valence-electron chi connectivity index (χ3n) is 3.90. The summed E-state index contributed by atoms with van der Waals surface area (Å²) in [6, 6.07) is -1.01. The van der Waals surface area contributed by atoms with E-state index in [2.05, 4.69) is 12.2 Å². The number of piperidine rings is 1. The van der Waals surface area contributed by atoms with Crippen molar-refractivity contribution in [1.82, 2.24) is 10.2 Å². The lowest BCUT2D eigenvalue weighted by atomic mass is 9.93. The molecule has 20 heavy (non-hydrogen) atoms. The van der Waals surface area contributed by atoms with Gasteiger partial charge in [0.25, 0.3) is 0 Å². The zero-order valence-electron chi connectivity index (χ0n) is 12.9. The van der Waals surface area contributed by atoms with Gasteiger partial charge in [-0.15, -0.1) is 0 Å². The quantitative estimate of drug-likeness (QED) is 0.788. The largest absolute Gasteiger partial charge is 0.480 e. The summed E-state index contributed by atoms with van der Waals surface area (Å²) in [5.74, 6) is 0.00888. The Morgan fingerprint density at radius 2 is 1.90 bits per heavy atom. The van der Waals surface area contributed by atoms with E-state index in [0.29, 0.717) is 6.42 Å². The number of rotatable bonds is 6. The van der Waals surface area contributed by atoms with Crippen LogP contribution < -0.4 is 5.32 Å². The van der Waals surface area contributed by atoms with E-state index in [1.807, 2.05) is 13.8 Å². The molecule has 1 unspecified atom stereocenters. The van der Waals surface area contributed by atoms with Crippen molar-refractivity contribution < 1.29 is 14.7 Å². The van der Waals surface area contributed by atoms with E-state index in [0.717, 1.165) is 31.8 Å². The molecule has 1 heterocycles. The van der Waals surface area contributed by atoms with E-state index >= 15 is 0 Å². The number of urea groups is 1. The topological polar surface area (TPSA) is 69.6 Å². The Kier molecular flexibility index (Phi) is 6.82. The SMILES string of the molecule is CCCC1CCN(C(=O)NC(CC(C)C)C(=O)O)CC1. The molecular formula is C15H28N2O3. The Morgan fingerprint density at radius 3 is 2.35 bits per heavy atom. The first-order chi connectivity index (χ1) is 9.43. The van der Waals surface area contributed by atoms with Gasteiger partial charge in [0.1, 0.15) is 6.04 Å². The molecule has 1 aliphatic heterocycles. The van der Waals surface area contributed by atoms with Crippen molar-refractivity contribution in [3.05, 3.63) is 0 Å². The molecule has 1 fully saturated rings. The van der Waals surface area contributed by atoms with E-state index in [9.17, 15) is 9.59 Å². The number of hydrogen-bond donors (Lipinski definition) is 2. The van der Waals surface area contributed by atoms with Crippen LogP contribution in [0.4, 0.5) is 4.79 Å². The van der Waals surface area contributed by atoms with Gasteiger partial charge in [-0.2, -0.15) is 0 Å². The van der Waals surface area contributed by atoms with E-state index in [4.69, 9.17) is 5.11 Å². The molecule has 0 spiro atoms. The van der Waals surface area contributed by atoms with Crippen molar-refractivity contribution in [3.8, 4) is 0 Å². The van der Waals surface area contributed by atoms with Gasteiger partial charge >= 0.3 is 12.0 Å². The third-order valence-corrected chi connectivity index (χ3v) is 3.90. The van der Waals surface area contributed by atoms with Crippen LogP contribution in [0.3, 0.4) is 0 Å². The summed E-state index contributed by atoms with van der Waals surface area (Å²) in [5, 5.41) is 11.8. The second-order valence-corrected chi connectivity index (χ2v) is 6.19. The van der Waals surface area contributed by atoms with Crippen molar-refractivity contribution in [2.45, 2.75) is 58.9 Å². The van der Waals surface area contributed by atoms with Crippen LogP contribution in [0.25, 0.3) is 0 Å². The van der Waals surface area contributed by atoms with Crippen molar-refractivity contribution in [2.75, 3.05) is 13.1 Å². The molecule has 0 radical (unpaired) electrons. The predicted octanol–water partition coefficient (Wildman–Crippen LogP) is 2.71. The second-order valence-electron chi connectivity index (χ2n) is 6.19. The summed E-state index contributed by atoms with van der Waals surface area (Å²) in [6.07, 6.45) is 4.94. The maximum atomic E-state index is 12.1. The minimum Gasteiger partial charge on any atom is -0.480 e. The number of nitrogens with zero attached hydrogens (tertiary/aromatic N) is 1.